The van der Waals surface area contributed by atoms with E-state index < -0.39 is 0 Å². The first-order valence-corrected chi connectivity index (χ1v) is 9.82. The lowest BCUT2D eigenvalue weighted by atomic mass is 10.1. The molecule has 0 saturated heterocycles. The molecule has 1 unspecified atom stereocenters. The molecule has 1 N–H and O–H groups in total. The number of nitrogens with one attached hydrogen (secondary N) is 1. The van der Waals surface area contributed by atoms with Crippen LogP contribution in [0.3, 0.4) is 0 Å². The quantitative estimate of drug-likeness (QED) is 0.576. The van der Waals surface area contributed by atoms with Crippen LogP contribution in [0.15, 0.2) is 91.0 Å². The monoisotopic (exact) mass is 383 g/mol. The molecule has 0 heterocycles. The van der Waals surface area contributed by atoms with Crippen molar-refractivity contribution >= 4 is 5.91 Å². The Bertz CT molecular complexity index is 884. The maximum Gasteiger partial charge on any atom is 0.252 e. The lowest BCUT2D eigenvalue weighted by Gasteiger charge is -2.13. The lowest BCUT2D eigenvalue weighted by molar-refractivity contribution is 0.0728. The minimum absolute atomic E-state index is 0.120. The average Bonchev–Trinajstić information content (AvgIpc) is 2.79. The number of hydrogen-bond acceptors (Lipinski definition) is 2. The highest BCUT2D eigenvalue weighted by Crippen LogP contribution is 2.10. The predicted octanol–water partition coefficient (Wildman–Crippen LogP) is 4.64. The second-order valence-electron chi connectivity index (χ2n) is 6.68. The van der Waals surface area contributed by atoms with E-state index in [1.807, 2.05) is 66.7 Å². The molecule has 0 aliphatic carbocycles. The Hall–Kier alpha value is -3.35. The Morgan fingerprint density at radius 3 is 2.07 bits per heavy atom. The van der Waals surface area contributed by atoms with Crippen molar-refractivity contribution in [1.29, 1.82) is 0 Å². The fourth-order valence-electron chi connectivity index (χ4n) is 2.89. The molecule has 3 nitrogen and oxygen atoms in total. The molecule has 0 spiro atoms. The number of amides is 1. The smallest absolute Gasteiger partial charge is 0.252 e. The lowest BCUT2D eigenvalue weighted by Crippen LogP contribution is -2.23. The summed E-state index contributed by atoms with van der Waals surface area (Å²) in [6, 6.07) is 29.6. The van der Waals surface area contributed by atoms with E-state index in [0.717, 1.165) is 18.4 Å². The number of hydrogen-bond donors (Lipinski definition) is 1. The van der Waals surface area contributed by atoms with Gasteiger partial charge in [-0.2, -0.15) is 0 Å². The molecule has 0 bridgehead atoms. The molecule has 0 aromatic heterocycles. The van der Waals surface area contributed by atoms with E-state index in [1.165, 1.54) is 5.56 Å². The molecule has 1 amide bonds. The molecule has 0 aliphatic rings. The van der Waals surface area contributed by atoms with Crippen LogP contribution in [0.25, 0.3) is 0 Å². The van der Waals surface area contributed by atoms with Crippen molar-refractivity contribution in [2.24, 2.45) is 0 Å². The zero-order valence-electron chi connectivity index (χ0n) is 16.4. The third-order valence-corrected chi connectivity index (χ3v) is 4.47. The fraction of sp³-hybridized carbons (Fsp3) is 0.192. The molecule has 146 valence electrons. The largest absolute Gasteiger partial charge is 0.361 e. The molecular formula is C26H25NO2. The minimum Gasteiger partial charge on any atom is -0.361 e. The second-order valence-corrected chi connectivity index (χ2v) is 6.68. The Labute approximate surface area is 172 Å². The summed E-state index contributed by atoms with van der Waals surface area (Å²) in [7, 11) is 0. The van der Waals surface area contributed by atoms with E-state index in [-0.39, 0.29) is 12.0 Å². The highest BCUT2D eigenvalue weighted by molar-refractivity contribution is 5.94. The van der Waals surface area contributed by atoms with Gasteiger partial charge >= 0.3 is 0 Å². The zero-order chi connectivity index (χ0) is 20.2. The van der Waals surface area contributed by atoms with Crippen LogP contribution in [0, 0.1) is 11.8 Å². The molecule has 3 heteroatoms. The maximum absolute atomic E-state index is 12.1. The van der Waals surface area contributed by atoms with E-state index in [2.05, 4.69) is 29.3 Å². The van der Waals surface area contributed by atoms with Crippen LogP contribution in [-0.2, 0) is 17.8 Å². The minimum atomic E-state index is -0.191. The first kappa shape index (κ1) is 20.4. The highest BCUT2D eigenvalue weighted by Gasteiger charge is 2.07. The van der Waals surface area contributed by atoms with Crippen molar-refractivity contribution in [2.45, 2.75) is 25.6 Å². The van der Waals surface area contributed by atoms with Gasteiger partial charge in [-0.3, -0.25) is 4.79 Å². The first-order chi connectivity index (χ1) is 14.3. The van der Waals surface area contributed by atoms with Gasteiger partial charge < -0.3 is 10.1 Å². The number of carbonyl (C=O) groups is 1. The molecular weight excluding hydrogens is 358 g/mol. The van der Waals surface area contributed by atoms with Crippen LogP contribution in [0.2, 0.25) is 0 Å². The van der Waals surface area contributed by atoms with Crippen molar-refractivity contribution in [2.75, 3.05) is 6.54 Å². The average molecular weight is 383 g/mol. The van der Waals surface area contributed by atoms with Crippen LogP contribution >= 0.6 is 0 Å². The third-order valence-electron chi connectivity index (χ3n) is 4.47. The summed E-state index contributed by atoms with van der Waals surface area (Å²) in [4.78, 5) is 12.1. The summed E-state index contributed by atoms with van der Waals surface area (Å²) >= 11 is 0. The molecule has 3 aromatic carbocycles. The van der Waals surface area contributed by atoms with E-state index in [0.29, 0.717) is 18.7 Å². The highest BCUT2D eigenvalue weighted by atomic mass is 16.5. The van der Waals surface area contributed by atoms with Crippen LogP contribution in [0.4, 0.5) is 0 Å². The van der Waals surface area contributed by atoms with Crippen LogP contribution < -0.4 is 5.32 Å². The van der Waals surface area contributed by atoms with E-state index in [1.54, 1.807) is 12.1 Å². The Morgan fingerprint density at radius 1 is 0.828 bits per heavy atom. The maximum atomic E-state index is 12.1. The Balaban J connectivity index is 1.55. The first-order valence-electron chi connectivity index (χ1n) is 9.82. The number of carbonyl (C=O) groups excluding carboxylic acids is 1. The van der Waals surface area contributed by atoms with Gasteiger partial charge in [-0.15, -0.1) is 0 Å². The standard InChI is InChI=1S/C26H25NO2/c28-26(24-15-8-3-9-16-24)27-20-10-17-25(19-18-22-11-4-1-5-12-22)29-21-23-13-6-2-7-14-23/h1-9,11-16,25H,18-21H2,(H,27,28). The van der Waals surface area contributed by atoms with Crippen LogP contribution in [0.1, 0.15) is 27.9 Å². The molecule has 0 aliphatic heterocycles. The van der Waals surface area contributed by atoms with Gasteiger partial charge in [-0.1, -0.05) is 90.7 Å². The SMILES string of the molecule is O=C(NCC#CC(CCc1ccccc1)OCc1ccccc1)c1ccccc1. The molecule has 29 heavy (non-hydrogen) atoms. The molecule has 0 saturated carbocycles. The van der Waals surface area contributed by atoms with Crippen molar-refractivity contribution < 1.29 is 9.53 Å². The van der Waals surface area contributed by atoms with Crippen LogP contribution in [-0.4, -0.2) is 18.6 Å². The van der Waals surface area contributed by atoms with Gasteiger partial charge in [0.1, 0.15) is 6.10 Å². The molecule has 3 aromatic rings. The zero-order valence-corrected chi connectivity index (χ0v) is 16.4. The topological polar surface area (TPSA) is 38.3 Å². The Morgan fingerprint density at radius 2 is 1.41 bits per heavy atom. The second kappa shape index (κ2) is 11.5. The number of rotatable bonds is 8. The summed E-state index contributed by atoms with van der Waals surface area (Å²) in [6.45, 7) is 0.815. The van der Waals surface area contributed by atoms with Gasteiger partial charge in [0.05, 0.1) is 13.2 Å². The van der Waals surface area contributed by atoms with Gasteiger partial charge in [0.15, 0.2) is 0 Å². The summed E-state index contributed by atoms with van der Waals surface area (Å²) in [5, 5.41) is 2.83. The third kappa shape index (κ3) is 7.29. The number of benzene rings is 3. The van der Waals surface area contributed by atoms with Crippen molar-refractivity contribution in [3.63, 3.8) is 0 Å². The predicted molar refractivity (Wildman–Crippen MR) is 116 cm³/mol. The Kier molecular flexibility index (Phi) is 8.07. The van der Waals surface area contributed by atoms with Crippen molar-refractivity contribution in [1.82, 2.24) is 5.32 Å². The summed E-state index contributed by atoms with van der Waals surface area (Å²) in [5.74, 6) is 6.11. The van der Waals surface area contributed by atoms with E-state index in [9.17, 15) is 4.79 Å². The van der Waals surface area contributed by atoms with Gasteiger partial charge in [0.25, 0.3) is 5.91 Å². The van der Waals surface area contributed by atoms with Crippen molar-refractivity contribution in [3.8, 4) is 11.8 Å². The summed E-state index contributed by atoms with van der Waals surface area (Å²) in [6.07, 6.45) is 1.51. The van der Waals surface area contributed by atoms with Gasteiger partial charge in [0.2, 0.25) is 0 Å². The van der Waals surface area contributed by atoms with Crippen molar-refractivity contribution in [3.05, 3.63) is 108 Å². The number of ether oxygens (including phenoxy) is 1. The summed E-state index contributed by atoms with van der Waals surface area (Å²) < 4.78 is 6.06. The number of aryl methyl sites for hydroxylation is 1. The van der Waals surface area contributed by atoms with E-state index in [4.69, 9.17) is 4.74 Å². The molecule has 1 atom stereocenters. The molecule has 3 rings (SSSR count). The molecule has 0 radical (unpaired) electrons. The molecule has 0 fully saturated rings. The summed E-state index contributed by atoms with van der Waals surface area (Å²) in [5.41, 5.74) is 3.02. The van der Waals surface area contributed by atoms with E-state index >= 15 is 0 Å². The normalized spacial score (nSPS) is 11.2. The van der Waals surface area contributed by atoms with Gasteiger partial charge in [-0.05, 0) is 36.1 Å². The van der Waals surface area contributed by atoms with Crippen LogP contribution in [0.5, 0.6) is 0 Å². The fourth-order valence-corrected chi connectivity index (χ4v) is 2.89. The van der Waals surface area contributed by atoms with Gasteiger partial charge in [0, 0.05) is 5.56 Å². The van der Waals surface area contributed by atoms with Gasteiger partial charge in [-0.25, -0.2) is 0 Å².